The first-order chi connectivity index (χ1) is 20.9. The van der Waals surface area contributed by atoms with Crippen LogP contribution >= 0.6 is 23.1 Å². The monoisotopic (exact) mass is 610 g/mol. The van der Waals surface area contributed by atoms with Gasteiger partial charge in [-0.05, 0) is 72.1 Å². The maximum absolute atomic E-state index is 13.9. The van der Waals surface area contributed by atoms with Crippen LogP contribution in [-0.2, 0) is 16.2 Å². The molecule has 218 valence electrons. The van der Waals surface area contributed by atoms with E-state index in [9.17, 15) is 14.4 Å². The molecule has 1 aromatic heterocycles. The van der Waals surface area contributed by atoms with E-state index < -0.39 is 0 Å². The fraction of sp³-hybridized carbons (Fsp3) is 0.324. The van der Waals surface area contributed by atoms with E-state index in [1.54, 1.807) is 18.9 Å². The second-order valence-corrected chi connectivity index (χ2v) is 14.1. The topological polar surface area (TPSA) is 88.7 Å². The SMILES string of the molecule is COc1cc([C@H]2c3sc(=O)[nH]c3SC3C4CC(C5C(=O)N(c6ccccc6)C(=O)C45)C32)ccc1OCc1ccccc1C. The normalized spacial score (nSPS) is 28.5. The summed E-state index contributed by atoms with van der Waals surface area (Å²) in [4.78, 5) is 45.8. The van der Waals surface area contributed by atoms with Gasteiger partial charge in [0.25, 0.3) is 0 Å². The van der Waals surface area contributed by atoms with Crippen molar-refractivity contribution in [3.8, 4) is 11.5 Å². The van der Waals surface area contributed by atoms with Crippen molar-refractivity contribution in [1.82, 2.24) is 4.98 Å². The molecule has 2 bridgehead atoms. The Kier molecular flexibility index (Phi) is 6.31. The van der Waals surface area contributed by atoms with Crippen molar-refractivity contribution < 1.29 is 19.1 Å². The number of thioether (sulfide) groups is 1. The summed E-state index contributed by atoms with van der Waals surface area (Å²) in [5.74, 6) is 0.635. The number of aromatic amines is 1. The lowest BCUT2D eigenvalue weighted by molar-refractivity contribution is -0.123. The summed E-state index contributed by atoms with van der Waals surface area (Å²) in [5.41, 5.74) is 3.96. The minimum Gasteiger partial charge on any atom is -0.493 e. The first-order valence-electron chi connectivity index (χ1n) is 14.6. The van der Waals surface area contributed by atoms with Gasteiger partial charge in [-0.15, -0.1) is 11.8 Å². The molecule has 3 aromatic carbocycles. The number of hydrogen-bond acceptors (Lipinski definition) is 7. The maximum atomic E-state index is 13.9. The van der Waals surface area contributed by atoms with Crippen LogP contribution in [0.25, 0.3) is 0 Å². The largest absolute Gasteiger partial charge is 0.493 e. The zero-order valence-electron chi connectivity index (χ0n) is 23.7. The highest BCUT2D eigenvalue weighted by atomic mass is 32.2. The third-order valence-corrected chi connectivity index (χ3v) is 12.5. The van der Waals surface area contributed by atoms with Crippen LogP contribution < -0.4 is 19.2 Å². The van der Waals surface area contributed by atoms with Gasteiger partial charge in [0.2, 0.25) is 11.8 Å². The Morgan fingerprint density at radius 3 is 2.42 bits per heavy atom. The predicted molar refractivity (Wildman–Crippen MR) is 166 cm³/mol. The smallest absolute Gasteiger partial charge is 0.305 e. The molecule has 1 saturated heterocycles. The van der Waals surface area contributed by atoms with Crippen molar-refractivity contribution in [2.24, 2.45) is 29.6 Å². The molecule has 2 aliphatic heterocycles. The van der Waals surface area contributed by atoms with Crippen LogP contribution in [0.3, 0.4) is 0 Å². The number of imide groups is 1. The van der Waals surface area contributed by atoms with Gasteiger partial charge in [0, 0.05) is 16.0 Å². The Balaban J connectivity index is 1.16. The van der Waals surface area contributed by atoms with Crippen LogP contribution in [0, 0.1) is 36.5 Å². The van der Waals surface area contributed by atoms with Crippen molar-refractivity contribution in [2.45, 2.75) is 36.1 Å². The molecule has 4 aromatic rings. The number of para-hydroxylation sites is 1. The second-order valence-electron chi connectivity index (χ2n) is 11.9. The van der Waals surface area contributed by atoms with Crippen molar-refractivity contribution in [2.75, 3.05) is 12.0 Å². The van der Waals surface area contributed by atoms with Gasteiger partial charge in [0.05, 0.1) is 29.7 Å². The fourth-order valence-corrected chi connectivity index (χ4v) is 11.0. The number of H-pyrrole nitrogens is 1. The van der Waals surface area contributed by atoms with Gasteiger partial charge in [-0.3, -0.25) is 19.3 Å². The number of aryl methyl sites for hydroxylation is 1. The lowest BCUT2D eigenvalue weighted by Crippen LogP contribution is -2.42. The van der Waals surface area contributed by atoms with E-state index in [1.165, 1.54) is 21.8 Å². The summed E-state index contributed by atoms with van der Waals surface area (Å²) in [6.45, 7) is 2.50. The van der Waals surface area contributed by atoms with E-state index >= 15 is 0 Å². The summed E-state index contributed by atoms with van der Waals surface area (Å²) >= 11 is 2.95. The number of nitrogens with zero attached hydrogens (tertiary/aromatic N) is 1. The minimum absolute atomic E-state index is 0.0518. The summed E-state index contributed by atoms with van der Waals surface area (Å²) in [7, 11) is 1.64. The molecule has 1 N–H and O–H groups in total. The molecule has 3 fully saturated rings. The standard InChI is InChI=1S/C34H30N2O5S2/c1-17-8-6-7-9-19(17)16-41-23-13-12-18(14-24(23)40-2)25-26-21-15-22(29(26)42-31-30(25)43-34(39)35-31)28-27(21)32(37)36(33(28)38)20-10-4-3-5-11-20/h3-14,21-22,25-29H,15-16H2,1-2H3,(H,35,39)/t21?,22?,25-,26?,27?,28?,29?/m1/s1. The predicted octanol–water partition coefficient (Wildman–Crippen LogP) is 6.01. The van der Waals surface area contributed by atoms with Gasteiger partial charge in [-0.2, -0.15) is 0 Å². The molecule has 8 rings (SSSR count). The molecule has 6 unspecified atom stereocenters. The lowest BCUT2D eigenvalue weighted by Gasteiger charge is -2.43. The number of aromatic nitrogens is 1. The van der Waals surface area contributed by atoms with Gasteiger partial charge in [-0.25, -0.2) is 0 Å². The summed E-state index contributed by atoms with van der Waals surface area (Å²) in [5, 5.41) is 1.02. The van der Waals surface area contributed by atoms with E-state index in [2.05, 4.69) is 30.1 Å². The second kappa shape index (κ2) is 10.1. The summed E-state index contributed by atoms with van der Waals surface area (Å²) < 4.78 is 12.0. The van der Waals surface area contributed by atoms with Gasteiger partial charge < -0.3 is 14.5 Å². The van der Waals surface area contributed by atoms with Crippen molar-refractivity contribution in [3.63, 3.8) is 0 Å². The van der Waals surface area contributed by atoms with Crippen LogP contribution in [0.5, 0.6) is 11.5 Å². The number of fused-ring (bicyclic) bond motifs is 9. The van der Waals surface area contributed by atoms with Crippen LogP contribution in [-0.4, -0.2) is 29.2 Å². The number of hydrogen-bond donors (Lipinski definition) is 1. The Morgan fingerprint density at radius 2 is 1.65 bits per heavy atom. The fourth-order valence-electron chi connectivity index (χ4n) is 8.15. The quantitative estimate of drug-likeness (QED) is 0.269. The Morgan fingerprint density at radius 1 is 0.907 bits per heavy atom. The molecule has 4 aliphatic rings. The highest BCUT2D eigenvalue weighted by Crippen LogP contribution is 2.68. The molecular weight excluding hydrogens is 581 g/mol. The van der Waals surface area contributed by atoms with Gasteiger partial charge in [0.15, 0.2) is 11.5 Å². The number of methoxy groups -OCH3 is 1. The lowest BCUT2D eigenvalue weighted by atomic mass is 9.68. The molecule has 3 heterocycles. The maximum Gasteiger partial charge on any atom is 0.305 e. The number of carbonyl (C=O) groups excluding carboxylic acids is 2. The van der Waals surface area contributed by atoms with E-state index in [4.69, 9.17) is 9.47 Å². The van der Waals surface area contributed by atoms with Crippen molar-refractivity contribution >= 4 is 40.6 Å². The van der Waals surface area contributed by atoms with Crippen molar-refractivity contribution in [1.29, 1.82) is 0 Å². The number of rotatable bonds is 6. The van der Waals surface area contributed by atoms with Crippen LogP contribution in [0.1, 0.15) is 33.9 Å². The molecule has 0 spiro atoms. The minimum atomic E-state index is -0.335. The van der Waals surface area contributed by atoms with Crippen molar-refractivity contribution in [3.05, 3.63) is 104 Å². The third-order valence-electron chi connectivity index (χ3n) is 9.93. The highest BCUT2D eigenvalue weighted by molar-refractivity contribution is 8.00. The number of nitrogens with one attached hydrogen (secondary N) is 1. The molecule has 43 heavy (non-hydrogen) atoms. The molecule has 0 radical (unpaired) electrons. The number of benzene rings is 3. The average molecular weight is 611 g/mol. The van der Waals surface area contributed by atoms with Crippen LogP contribution in [0.15, 0.2) is 82.6 Å². The number of carbonyl (C=O) groups is 2. The Bertz CT molecular complexity index is 1820. The molecule has 9 heteroatoms. The van der Waals surface area contributed by atoms with E-state index in [0.29, 0.717) is 23.8 Å². The summed E-state index contributed by atoms with van der Waals surface area (Å²) in [6, 6.07) is 23.5. The third kappa shape index (κ3) is 4.04. The van der Waals surface area contributed by atoms with E-state index in [1.807, 2.05) is 54.6 Å². The number of thiazole rings is 1. The van der Waals surface area contributed by atoms with Gasteiger partial charge in [-0.1, -0.05) is 59.9 Å². The number of anilines is 1. The van der Waals surface area contributed by atoms with Crippen LogP contribution in [0.2, 0.25) is 0 Å². The highest BCUT2D eigenvalue weighted by Gasteiger charge is 2.69. The first-order valence-corrected chi connectivity index (χ1v) is 16.3. The number of amides is 2. The Labute approximate surface area is 257 Å². The van der Waals surface area contributed by atoms with E-state index in [0.717, 1.165) is 27.5 Å². The zero-order valence-corrected chi connectivity index (χ0v) is 25.3. The van der Waals surface area contributed by atoms with E-state index in [-0.39, 0.29) is 57.4 Å². The molecular formula is C34H30N2O5S2. The van der Waals surface area contributed by atoms with Gasteiger partial charge >= 0.3 is 4.87 Å². The molecule has 2 aliphatic carbocycles. The number of ether oxygens (including phenoxy) is 2. The molecule has 7 nitrogen and oxygen atoms in total. The summed E-state index contributed by atoms with van der Waals surface area (Å²) in [6.07, 6.45) is 0.849. The Hall–Kier alpha value is -3.82. The molecule has 7 atom stereocenters. The molecule has 2 saturated carbocycles. The zero-order chi connectivity index (χ0) is 29.4. The van der Waals surface area contributed by atoms with Gasteiger partial charge in [0.1, 0.15) is 6.61 Å². The average Bonchev–Trinajstić information content (AvgIpc) is 3.76. The first kappa shape index (κ1) is 26.8. The molecule has 2 amide bonds. The van der Waals surface area contributed by atoms with Crippen LogP contribution in [0.4, 0.5) is 5.69 Å².